The van der Waals surface area contributed by atoms with Gasteiger partial charge < -0.3 is 5.11 Å². The van der Waals surface area contributed by atoms with Crippen LogP contribution < -0.4 is 0 Å². The van der Waals surface area contributed by atoms with Crippen molar-refractivity contribution in [2.75, 3.05) is 20.0 Å². The summed E-state index contributed by atoms with van der Waals surface area (Å²) in [6.07, 6.45) is 0. The van der Waals surface area contributed by atoms with Gasteiger partial charge in [0.25, 0.3) is 6.47 Å². The zero-order chi connectivity index (χ0) is 6.28. The van der Waals surface area contributed by atoms with Crippen LogP contribution in [0.2, 0.25) is 0 Å². The van der Waals surface area contributed by atoms with Crippen LogP contribution in [0, 0.1) is 0 Å². The minimum Gasteiger partial charge on any atom is -0.483 e. The van der Waals surface area contributed by atoms with Gasteiger partial charge in [-0.3, -0.25) is 4.79 Å². The molecule has 2 nitrogen and oxygen atoms in total. The molecule has 44 valence electrons. The third-order valence-corrected chi connectivity index (χ3v) is 0. The van der Waals surface area contributed by atoms with E-state index in [-0.39, 0.29) is 6.47 Å². The topological polar surface area (TPSA) is 37.3 Å². The van der Waals surface area contributed by atoms with Crippen molar-refractivity contribution in [2.24, 2.45) is 0 Å². The number of hydrogen-bond acceptors (Lipinski definition) is 1. The summed E-state index contributed by atoms with van der Waals surface area (Å²) in [6.45, 7) is 6.44. The molecule has 0 rings (SSSR count). The van der Waals surface area contributed by atoms with Gasteiger partial charge in [0.05, 0.1) is 0 Å². The average molecular weight is 122 g/mol. The van der Waals surface area contributed by atoms with Crippen LogP contribution in [0.25, 0.3) is 0 Å². The Hall–Kier alpha value is -0.100. The van der Waals surface area contributed by atoms with Gasteiger partial charge >= 0.3 is 0 Å². The van der Waals surface area contributed by atoms with Crippen molar-refractivity contribution >= 4 is 14.4 Å². The second-order valence-corrected chi connectivity index (χ2v) is 4.13. The Labute approximate surface area is 45.3 Å². The molecule has 3 heteroatoms. The molecule has 0 amide bonds. The summed E-state index contributed by atoms with van der Waals surface area (Å²) >= 11 is 0. The van der Waals surface area contributed by atoms with E-state index in [2.05, 4.69) is 20.0 Å². The third-order valence-electron chi connectivity index (χ3n) is 0. The summed E-state index contributed by atoms with van der Waals surface area (Å²) in [5.41, 5.74) is 0. The summed E-state index contributed by atoms with van der Waals surface area (Å²) < 4.78 is 0. The van der Waals surface area contributed by atoms with E-state index in [0.29, 0.717) is 7.92 Å². The molecule has 0 aliphatic heterocycles. The molecule has 1 N–H and O–H groups in total. The Morgan fingerprint density at radius 2 is 1.43 bits per heavy atom. The van der Waals surface area contributed by atoms with Crippen molar-refractivity contribution in [3.05, 3.63) is 0 Å². The van der Waals surface area contributed by atoms with Crippen LogP contribution in [0.15, 0.2) is 0 Å². The largest absolute Gasteiger partial charge is 0.483 e. The van der Waals surface area contributed by atoms with Gasteiger partial charge in [-0.05, 0) is 20.0 Å². The third kappa shape index (κ3) is 8970. The molecule has 0 atom stereocenters. The van der Waals surface area contributed by atoms with Gasteiger partial charge in [-0.25, -0.2) is 0 Å². The van der Waals surface area contributed by atoms with E-state index < -0.39 is 0 Å². The summed E-state index contributed by atoms with van der Waals surface area (Å²) in [6, 6.07) is 0. The molecular formula is C4H11O2P. The molecule has 0 fully saturated rings. The van der Waals surface area contributed by atoms with Crippen molar-refractivity contribution in [2.45, 2.75) is 0 Å². The first kappa shape index (κ1) is 10.0. The molecule has 0 aromatic rings. The van der Waals surface area contributed by atoms with E-state index >= 15 is 0 Å². The van der Waals surface area contributed by atoms with E-state index in [0.717, 1.165) is 0 Å². The van der Waals surface area contributed by atoms with E-state index in [1.165, 1.54) is 0 Å². The van der Waals surface area contributed by atoms with E-state index in [1.54, 1.807) is 0 Å². The number of rotatable bonds is 0. The molecule has 0 heterocycles. The molecule has 0 unspecified atom stereocenters. The van der Waals surface area contributed by atoms with Crippen LogP contribution in [0.4, 0.5) is 0 Å². The fourth-order valence-electron chi connectivity index (χ4n) is 0. The molecular weight excluding hydrogens is 111 g/mol. The Morgan fingerprint density at radius 1 is 1.43 bits per heavy atom. The first-order chi connectivity index (χ1) is 3.15. The molecule has 0 aliphatic rings. The van der Waals surface area contributed by atoms with Gasteiger partial charge in [0, 0.05) is 0 Å². The molecule has 0 spiro atoms. The molecule has 0 radical (unpaired) electrons. The predicted octanol–water partition coefficient (Wildman–Crippen LogP) is 1.06. The van der Waals surface area contributed by atoms with Crippen LogP contribution in [-0.2, 0) is 4.79 Å². The smallest absolute Gasteiger partial charge is 0.290 e. The van der Waals surface area contributed by atoms with Gasteiger partial charge in [0.2, 0.25) is 0 Å². The molecule has 0 aromatic carbocycles. The quantitative estimate of drug-likeness (QED) is 0.385. The van der Waals surface area contributed by atoms with Gasteiger partial charge in [0.1, 0.15) is 0 Å². The van der Waals surface area contributed by atoms with Crippen molar-refractivity contribution in [3.8, 4) is 0 Å². The van der Waals surface area contributed by atoms with Crippen molar-refractivity contribution in [1.82, 2.24) is 0 Å². The summed E-state index contributed by atoms with van der Waals surface area (Å²) in [7, 11) is 0.380. The van der Waals surface area contributed by atoms with Crippen LogP contribution >= 0.6 is 7.92 Å². The normalized spacial score (nSPS) is 6.86. The molecule has 0 aliphatic carbocycles. The minimum atomic E-state index is -0.250. The highest BCUT2D eigenvalue weighted by Crippen LogP contribution is 2.14. The van der Waals surface area contributed by atoms with E-state index in [4.69, 9.17) is 9.90 Å². The van der Waals surface area contributed by atoms with Crippen LogP contribution in [0.5, 0.6) is 0 Å². The first-order valence-electron chi connectivity index (χ1n) is 1.84. The zero-order valence-electron chi connectivity index (χ0n) is 4.88. The van der Waals surface area contributed by atoms with E-state index in [9.17, 15) is 0 Å². The highest BCUT2D eigenvalue weighted by atomic mass is 31.1. The SMILES string of the molecule is CP(C)C.O=CO. The minimum absolute atomic E-state index is 0.250. The second-order valence-electron chi connectivity index (χ2n) is 1.45. The van der Waals surface area contributed by atoms with Crippen molar-refractivity contribution in [3.63, 3.8) is 0 Å². The fourth-order valence-corrected chi connectivity index (χ4v) is 0. The fraction of sp³-hybridized carbons (Fsp3) is 0.750. The molecule has 0 aromatic heterocycles. The maximum atomic E-state index is 8.36. The second kappa shape index (κ2) is 9.31. The molecule has 0 saturated carbocycles. The monoisotopic (exact) mass is 122 g/mol. The predicted molar refractivity (Wildman–Crippen MR) is 33.4 cm³/mol. The summed E-state index contributed by atoms with van der Waals surface area (Å²) in [5.74, 6) is 0. The van der Waals surface area contributed by atoms with Gasteiger partial charge in [-0.1, -0.05) is 0 Å². The molecule has 7 heavy (non-hydrogen) atoms. The first-order valence-corrected chi connectivity index (χ1v) is 4.52. The van der Waals surface area contributed by atoms with Gasteiger partial charge in [-0.15, -0.1) is 7.92 Å². The Bertz CT molecular complexity index is 33.9. The highest BCUT2D eigenvalue weighted by Gasteiger charge is 1.65. The van der Waals surface area contributed by atoms with E-state index in [1.807, 2.05) is 0 Å². The van der Waals surface area contributed by atoms with Crippen LogP contribution in [0.1, 0.15) is 0 Å². The number of hydrogen-bond donors (Lipinski definition) is 1. The van der Waals surface area contributed by atoms with Crippen LogP contribution in [-0.4, -0.2) is 31.6 Å². The van der Waals surface area contributed by atoms with Gasteiger partial charge in [0.15, 0.2) is 0 Å². The Balaban J connectivity index is 0. The van der Waals surface area contributed by atoms with Crippen molar-refractivity contribution < 1.29 is 9.90 Å². The highest BCUT2D eigenvalue weighted by molar-refractivity contribution is 7.55. The lowest BCUT2D eigenvalue weighted by Gasteiger charge is -1.81. The maximum absolute atomic E-state index is 8.36. The molecule has 0 bridgehead atoms. The lowest BCUT2D eigenvalue weighted by molar-refractivity contribution is -0.122. The summed E-state index contributed by atoms with van der Waals surface area (Å²) in [4.78, 5) is 8.36. The maximum Gasteiger partial charge on any atom is 0.290 e. The standard InChI is InChI=1S/C3H9P.CH2O2/c1-4(2)3;2-1-3/h1-3H3;1H,(H,2,3). The average Bonchev–Trinajstić information content (AvgIpc) is 1.33. The van der Waals surface area contributed by atoms with Crippen molar-refractivity contribution in [1.29, 1.82) is 0 Å². The molecule has 0 saturated heterocycles. The lowest BCUT2D eigenvalue weighted by atomic mass is 11.7. The van der Waals surface area contributed by atoms with Crippen LogP contribution in [0.3, 0.4) is 0 Å². The number of carbonyl (C=O) groups is 1. The zero-order valence-corrected chi connectivity index (χ0v) is 5.77. The lowest BCUT2D eigenvalue weighted by Crippen LogP contribution is -1.49. The summed E-state index contributed by atoms with van der Waals surface area (Å²) in [5, 5.41) is 6.89. The Kier molecular flexibility index (Phi) is 13.3. The van der Waals surface area contributed by atoms with Gasteiger partial charge in [-0.2, -0.15) is 0 Å². The Morgan fingerprint density at radius 3 is 1.43 bits per heavy atom. The number of carboxylic acid groups (broad SMARTS) is 1.